The molecule has 0 bridgehead atoms. The second-order valence-electron chi connectivity index (χ2n) is 8.00. The van der Waals surface area contributed by atoms with Crippen LogP contribution in [0.1, 0.15) is 41.4 Å². The maximum atomic E-state index is 12.6. The number of carbonyl (C=O) groups is 1. The van der Waals surface area contributed by atoms with Gasteiger partial charge in [0.2, 0.25) is 0 Å². The number of hydrogen-bond donors (Lipinski definition) is 2. The fourth-order valence-electron chi connectivity index (χ4n) is 3.72. The van der Waals surface area contributed by atoms with Crippen molar-refractivity contribution in [2.75, 3.05) is 0 Å². The van der Waals surface area contributed by atoms with Gasteiger partial charge in [-0.2, -0.15) is 0 Å². The van der Waals surface area contributed by atoms with Gasteiger partial charge in [-0.1, -0.05) is 0 Å². The van der Waals surface area contributed by atoms with Crippen LogP contribution in [-0.4, -0.2) is 40.4 Å². The van der Waals surface area contributed by atoms with Gasteiger partial charge in [-0.05, 0) is 0 Å². The van der Waals surface area contributed by atoms with Gasteiger partial charge in [-0.25, -0.2) is 0 Å². The molecule has 0 amide bonds. The summed E-state index contributed by atoms with van der Waals surface area (Å²) >= 11 is -0.549. The zero-order chi connectivity index (χ0) is 25.0. The van der Waals surface area contributed by atoms with Gasteiger partial charge in [0.1, 0.15) is 0 Å². The summed E-state index contributed by atoms with van der Waals surface area (Å²) in [5.41, 5.74) is 1.79. The summed E-state index contributed by atoms with van der Waals surface area (Å²) in [5, 5.41) is 20.9. The Labute approximate surface area is 210 Å². The van der Waals surface area contributed by atoms with Crippen molar-refractivity contribution in [3.8, 4) is 11.5 Å². The number of unbranched alkanes of at least 4 members (excludes halogenated alkanes) is 1. The summed E-state index contributed by atoms with van der Waals surface area (Å²) in [5.74, 6) is -0.805. The molecular formula is C26H25AsO7S. The predicted molar refractivity (Wildman–Crippen MR) is 135 cm³/mol. The van der Waals surface area contributed by atoms with Crippen LogP contribution in [0.2, 0.25) is 0 Å². The Morgan fingerprint density at radius 2 is 1.80 bits per heavy atom. The van der Waals surface area contributed by atoms with Gasteiger partial charge in [0.05, 0.1) is 0 Å². The van der Waals surface area contributed by atoms with Gasteiger partial charge in [0, 0.05) is 0 Å². The van der Waals surface area contributed by atoms with Gasteiger partial charge < -0.3 is 0 Å². The van der Waals surface area contributed by atoms with Crippen LogP contribution in [0.15, 0.2) is 76.0 Å². The first-order valence-corrected chi connectivity index (χ1v) is 15.1. The molecule has 182 valence electrons. The summed E-state index contributed by atoms with van der Waals surface area (Å²) in [6.45, 7) is 2.16. The van der Waals surface area contributed by atoms with Gasteiger partial charge in [0.15, 0.2) is 0 Å². The summed E-state index contributed by atoms with van der Waals surface area (Å²) in [6.07, 6.45) is 3.09. The van der Waals surface area contributed by atoms with E-state index in [4.69, 9.17) is 13.7 Å². The van der Waals surface area contributed by atoms with Crippen LogP contribution in [0.5, 0.6) is 11.5 Å². The second-order valence-corrected chi connectivity index (χ2v) is 12.2. The quantitative estimate of drug-likeness (QED) is 0.222. The van der Waals surface area contributed by atoms with Crippen LogP contribution in [-0.2, 0) is 21.7 Å². The number of aromatic hydroxyl groups is 1. The average molecular weight is 556 g/mol. The monoisotopic (exact) mass is 556 g/mol. The third-order valence-electron chi connectivity index (χ3n) is 5.56. The van der Waals surface area contributed by atoms with E-state index in [1.165, 1.54) is 5.56 Å². The Hall–Kier alpha value is -3.22. The number of hydrogen-bond acceptors (Lipinski definition) is 6. The summed E-state index contributed by atoms with van der Waals surface area (Å²) in [4.78, 5) is 10.7. The first-order valence-electron chi connectivity index (χ1n) is 11.1. The molecule has 7 nitrogen and oxygen atoms in total. The molecule has 1 atom stereocenters. The topological polar surface area (TPSA) is 114 Å². The molecule has 3 aromatic carbocycles. The van der Waals surface area contributed by atoms with Gasteiger partial charge in [0.25, 0.3) is 0 Å². The number of carboxylic acid groups (broad SMARTS) is 1. The minimum atomic E-state index is -4.23. The van der Waals surface area contributed by atoms with Crippen molar-refractivity contribution in [2.45, 2.75) is 36.3 Å². The van der Waals surface area contributed by atoms with Crippen molar-refractivity contribution in [1.82, 2.24) is 0 Å². The van der Waals surface area contributed by atoms with Gasteiger partial charge >= 0.3 is 211 Å². The van der Waals surface area contributed by atoms with E-state index in [0.29, 0.717) is 0 Å². The SMILES string of the molecule is CCCCc1oc2ccccc2c1C[AsH]c1ccc(OS(=O)(=O)c2ccc(C(=O)O)c(O)c2)cc1. The molecule has 0 saturated carbocycles. The molecule has 4 rings (SSSR count). The molecule has 0 aliphatic carbocycles. The fraction of sp³-hybridized carbons (Fsp3) is 0.192. The number of furan rings is 1. The Morgan fingerprint density at radius 3 is 2.49 bits per heavy atom. The Balaban J connectivity index is 1.46. The predicted octanol–water partition coefficient (Wildman–Crippen LogP) is 4.21. The first-order chi connectivity index (χ1) is 16.8. The first kappa shape index (κ1) is 24.9. The molecule has 0 aliphatic heterocycles. The van der Waals surface area contributed by atoms with Crippen molar-refractivity contribution in [1.29, 1.82) is 0 Å². The number of phenols is 1. The molecule has 0 spiro atoms. The Kier molecular flexibility index (Phi) is 7.53. The summed E-state index contributed by atoms with van der Waals surface area (Å²) in [6, 6.07) is 18.0. The van der Waals surface area contributed by atoms with E-state index in [1.54, 1.807) is 12.1 Å². The van der Waals surface area contributed by atoms with Crippen molar-refractivity contribution in [2.24, 2.45) is 0 Å². The Morgan fingerprint density at radius 1 is 1.06 bits per heavy atom. The molecular weight excluding hydrogens is 531 g/mol. The van der Waals surface area contributed by atoms with Crippen LogP contribution in [0.25, 0.3) is 11.0 Å². The number of para-hydroxylation sites is 1. The molecule has 4 aromatic rings. The molecule has 9 heteroatoms. The molecule has 0 aliphatic rings. The molecule has 1 unspecified atom stereocenters. The fourth-order valence-corrected chi connectivity index (χ4v) is 7.13. The van der Waals surface area contributed by atoms with Crippen molar-refractivity contribution in [3.63, 3.8) is 0 Å². The molecule has 1 aromatic heterocycles. The number of aromatic carboxylic acids is 1. The number of rotatable bonds is 10. The standard InChI is InChI=1S/C26H25AsO7S/c1-2-3-7-25-22(20-6-4-5-8-24(20)33-25)16-27-17-9-11-18(12-10-17)34-35(31,32)19-13-14-21(26(29)30)23(28)15-19/h4-6,8-15,27-28H,2-3,7,16H2,1H3,(H,29,30). The third kappa shape index (κ3) is 5.72. The van der Waals surface area contributed by atoms with Gasteiger partial charge in [-0.3, -0.25) is 0 Å². The Bertz CT molecular complexity index is 1460. The van der Waals surface area contributed by atoms with E-state index in [0.717, 1.165) is 63.8 Å². The van der Waals surface area contributed by atoms with Crippen molar-refractivity contribution in [3.05, 3.63) is 83.6 Å². The van der Waals surface area contributed by atoms with Crippen molar-refractivity contribution >= 4 is 47.2 Å². The zero-order valence-corrected chi connectivity index (χ0v) is 21.9. The van der Waals surface area contributed by atoms with E-state index in [1.807, 2.05) is 30.3 Å². The molecule has 2 N–H and O–H groups in total. The normalized spacial score (nSPS) is 11.9. The average Bonchev–Trinajstić information content (AvgIpc) is 3.19. The number of benzene rings is 3. The zero-order valence-electron chi connectivity index (χ0n) is 19.0. The molecule has 1 heterocycles. The van der Waals surface area contributed by atoms with E-state index in [-0.39, 0.29) is 16.2 Å². The van der Waals surface area contributed by atoms with Crippen LogP contribution in [0.3, 0.4) is 0 Å². The van der Waals surface area contributed by atoms with E-state index in [9.17, 15) is 18.3 Å². The van der Waals surface area contributed by atoms with Crippen LogP contribution in [0, 0.1) is 0 Å². The third-order valence-corrected chi connectivity index (χ3v) is 9.47. The number of aryl methyl sites for hydroxylation is 1. The summed E-state index contributed by atoms with van der Waals surface area (Å²) < 4.78 is 37.6. The van der Waals surface area contributed by atoms with Crippen LogP contribution >= 0.6 is 0 Å². The van der Waals surface area contributed by atoms with Crippen LogP contribution in [0.4, 0.5) is 0 Å². The molecule has 35 heavy (non-hydrogen) atoms. The molecule has 0 radical (unpaired) electrons. The summed E-state index contributed by atoms with van der Waals surface area (Å²) in [7, 11) is -4.23. The molecule has 0 saturated heterocycles. The van der Waals surface area contributed by atoms with E-state index < -0.39 is 37.6 Å². The van der Waals surface area contributed by atoms with Crippen molar-refractivity contribution < 1.29 is 32.0 Å². The second kappa shape index (κ2) is 10.6. The van der Waals surface area contributed by atoms with Crippen LogP contribution < -0.4 is 8.53 Å². The van der Waals surface area contributed by atoms with E-state index >= 15 is 0 Å². The number of carboxylic acids is 1. The minimum absolute atomic E-state index is 0.138. The van der Waals surface area contributed by atoms with Gasteiger partial charge in [-0.15, -0.1) is 0 Å². The van der Waals surface area contributed by atoms with E-state index in [2.05, 4.69) is 13.0 Å². The number of fused-ring (bicyclic) bond motifs is 1. The maximum absolute atomic E-state index is 12.6. The molecule has 0 fully saturated rings.